The summed E-state index contributed by atoms with van der Waals surface area (Å²) < 4.78 is 55.6. The van der Waals surface area contributed by atoms with Gasteiger partial charge in [0, 0.05) is 26.2 Å². The number of nitrogens with zero attached hydrogens (tertiary/aromatic N) is 1. The lowest BCUT2D eigenvalue weighted by Crippen LogP contribution is -2.39. The highest BCUT2D eigenvalue weighted by molar-refractivity contribution is 7.90. The molecule has 2 fully saturated rings. The van der Waals surface area contributed by atoms with Gasteiger partial charge in [-0.1, -0.05) is 31.2 Å². The topological polar surface area (TPSA) is 95.6 Å². The van der Waals surface area contributed by atoms with E-state index in [1.54, 1.807) is 13.8 Å². The molecule has 1 aromatic rings. The zero-order valence-corrected chi connectivity index (χ0v) is 21.9. The smallest absolute Gasteiger partial charge is 0.215 e. The van der Waals surface area contributed by atoms with Crippen LogP contribution in [0.1, 0.15) is 76.3 Å². The van der Waals surface area contributed by atoms with Crippen LogP contribution in [0.2, 0.25) is 0 Å². The van der Waals surface area contributed by atoms with E-state index in [0.717, 1.165) is 44.1 Å². The average molecular weight is 500 g/mol. The molecule has 1 aromatic carbocycles. The summed E-state index contributed by atoms with van der Waals surface area (Å²) in [6.07, 6.45) is 7.07. The molecule has 1 atom stereocenters. The standard InChI is InChI=1S/C24H41N3O4S2/c1-19(2)32(28,29)26-18-20(3)22-10-12-24(13-11-22)23-8-6-21(7-9-23)14-15-25-33(30,31)27-16-4-5-17-27/h6-9,19-20,22,24-26H,4-5,10-18H2,1-3H3. The van der Waals surface area contributed by atoms with E-state index in [1.165, 1.54) is 9.87 Å². The summed E-state index contributed by atoms with van der Waals surface area (Å²) in [5.74, 6) is 1.44. The highest BCUT2D eigenvalue weighted by Gasteiger charge is 2.27. The van der Waals surface area contributed by atoms with Gasteiger partial charge in [0.15, 0.2) is 0 Å². The Balaban J connectivity index is 1.41. The number of rotatable bonds is 11. The van der Waals surface area contributed by atoms with Crippen molar-refractivity contribution in [3.8, 4) is 0 Å². The summed E-state index contributed by atoms with van der Waals surface area (Å²) in [5, 5.41) is -0.395. The van der Waals surface area contributed by atoms with Gasteiger partial charge in [0.2, 0.25) is 10.0 Å². The Morgan fingerprint density at radius 3 is 2.09 bits per heavy atom. The molecule has 33 heavy (non-hydrogen) atoms. The Labute approximate surface area is 201 Å². The predicted octanol–water partition coefficient (Wildman–Crippen LogP) is 3.40. The molecule has 1 heterocycles. The zero-order chi connectivity index (χ0) is 24.1. The van der Waals surface area contributed by atoms with Gasteiger partial charge in [-0.2, -0.15) is 12.7 Å². The zero-order valence-electron chi connectivity index (χ0n) is 20.3. The van der Waals surface area contributed by atoms with Crippen LogP contribution in [0, 0.1) is 11.8 Å². The summed E-state index contributed by atoms with van der Waals surface area (Å²) in [4.78, 5) is 0. The van der Waals surface area contributed by atoms with E-state index < -0.39 is 25.5 Å². The number of hydrogen-bond donors (Lipinski definition) is 2. The van der Waals surface area contributed by atoms with Crippen LogP contribution in [0.5, 0.6) is 0 Å². The summed E-state index contributed by atoms with van der Waals surface area (Å²) >= 11 is 0. The van der Waals surface area contributed by atoms with Gasteiger partial charge >= 0.3 is 0 Å². The molecule has 188 valence electrons. The van der Waals surface area contributed by atoms with Gasteiger partial charge in [-0.15, -0.1) is 0 Å². The Kier molecular flexibility index (Phi) is 9.37. The first-order valence-electron chi connectivity index (χ1n) is 12.4. The highest BCUT2D eigenvalue weighted by Crippen LogP contribution is 2.38. The minimum absolute atomic E-state index is 0.339. The van der Waals surface area contributed by atoms with Gasteiger partial charge in [0.1, 0.15) is 0 Å². The van der Waals surface area contributed by atoms with Crippen LogP contribution >= 0.6 is 0 Å². The van der Waals surface area contributed by atoms with Crippen LogP contribution in [0.15, 0.2) is 24.3 Å². The molecule has 1 unspecified atom stereocenters. The second-order valence-corrected chi connectivity index (χ2v) is 14.1. The molecule has 0 radical (unpaired) electrons. The van der Waals surface area contributed by atoms with Crippen molar-refractivity contribution in [1.29, 1.82) is 0 Å². The van der Waals surface area contributed by atoms with Crippen molar-refractivity contribution in [2.45, 2.75) is 76.9 Å². The van der Waals surface area contributed by atoms with Crippen molar-refractivity contribution in [2.75, 3.05) is 26.2 Å². The van der Waals surface area contributed by atoms with Crippen LogP contribution in [-0.4, -0.2) is 52.6 Å². The largest absolute Gasteiger partial charge is 0.279 e. The minimum atomic E-state index is -3.34. The van der Waals surface area contributed by atoms with Crippen molar-refractivity contribution >= 4 is 20.2 Å². The lowest BCUT2D eigenvalue weighted by Gasteiger charge is -2.32. The van der Waals surface area contributed by atoms with Crippen molar-refractivity contribution in [3.05, 3.63) is 35.4 Å². The van der Waals surface area contributed by atoms with Gasteiger partial charge in [-0.25, -0.2) is 17.9 Å². The lowest BCUT2D eigenvalue weighted by atomic mass is 9.74. The average Bonchev–Trinajstić information content (AvgIpc) is 3.34. The van der Waals surface area contributed by atoms with Crippen molar-refractivity contribution in [3.63, 3.8) is 0 Å². The minimum Gasteiger partial charge on any atom is -0.215 e. The van der Waals surface area contributed by atoms with Crippen molar-refractivity contribution in [2.24, 2.45) is 11.8 Å². The fraction of sp³-hybridized carbons (Fsp3) is 0.750. The summed E-state index contributed by atoms with van der Waals surface area (Å²) in [6, 6.07) is 8.62. The normalized spacial score (nSPS) is 23.8. The molecule has 7 nitrogen and oxygen atoms in total. The molecule has 2 N–H and O–H groups in total. The van der Waals surface area contributed by atoms with E-state index in [2.05, 4.69) is 40.6 Å². The van der Waals surface area contributed by atoms with E-state index in [9.17, 15) is 16.8 Å². The molecule has 0 aromatic heterocycles. The highest BCUT2D eigenvalue weighted by atomic mass is 32.2. The van der Waals surface area contributed by atoms with E-state index in [4.69, 9.17) is 0 Å². The molecule has 0 bridgehead atoms. The quantitative estimate of drug-likeness (QED) is 0.488. The predicted molar refractivity (Wildman–Crippen MR) is 134 cm³/mol. The van der Waals surface area contributed by atoms with Gasteiger partial charge in [0.25, 0.3) is 10.2 Å². The second-order valence-electron chi connectivity index (χ2n) is 10.0. The third-order valence-corrected chi connectivity index (χ3v) is 10.8. The molecule has 1 aliphatic carbocycles. The number of sulfonamides is 1. The molecule has 1 aliphatic heterocycles. The summed E-state index contributed by atoms with van der Waals surface area (Å²) in [5.41, 5.74) is 2.49. The SMILES string of the molecule is CC(CNS(=O)(=O)C(C)C)C1CCC(c2ccc(CCNS(=O)(=O)N3CCCC3)cc2)CC1. The third-order valence-electron chi connectivity index (χ3n) is 7.36. The first kappa shape index (κ1) is 26.6. The fourth-order valence-electron chi connectivity index (χ4n) is 4.90. The van der Waals surface area contributed by atoms with Crippen molar-refractivity contribution < 1.29 is 16.8 Å². The van der Waals surface area contributed by atoms with Gasteiger partial charge in [-0.05, 0) is 87.7 Å². The Hall–Kier alpha value is -1.00. The maximum Gasteiger partial charge on any atom is 0.279 e. The fourth-order valence-corrected chi connectivity index (χ4v) is 7.01. The third kappa shape index (κ3) is 7.49. The molecule has 3 rings (SSSR count). The molecular formula is C24H41N3O4S2. The number of benzene rings is 1. The maximum absolute atomic E-state index is 12.3. The van der Waals surface area contributed by atoms with Crippen molar-refractivity contribution in [1.82, 2.24) is 13.7 Å². The molecular weight excluding hydrogens is 458 g/mol. The molecule has 0 spiro atoms. The molecule has 2 aliphatic rings. The van der Waals surface area contributed by atoms with E-state index in [-0.39, 0.29) is 0 Å². The van der Waals surface area contributed by atoms with Crippen LogP contribution in [0.25, 0.3) is 0 Å². The first-order chi connectivity index (χ1) is 15.6. The van der Waals surface area contributed by atoms with Gasteiger partial charge in [0.05, 0.1) is 5.25 Å². The first-order valence-corrected chi connectivity index (χ1v) is 15.4. The molecule has 9 heteroatoms. The van der Waals surface area contributed by atoms with E-state index in [0.29, 0.717) is 50.4 Å². The van der Waals surface area contributed by atoms with Gasteiger partial charge in [-0.3, -0.25) is 0 Å². The molecule has 0 amide bonds. The summed E-state index contributed by atoms with van der Waals surface area (Å²) in [7, 11) is -6.54. The van der Waals surface area contributed by atoms with Crippen LogP contribution in [0.4, 0.5) is 0 Å². The maximum atomic E-state index is 12.3. The Morgan fingerprint density at radius 1 is 0.909 bits per heavy atom. The van der Waals surface area contributed by atoms with Crippen LogP contribution in [-0.2, 0) is 26.7 Å². The van der Waals surface area contributed by atoms with E-state index >= 15 is 0 Å². The molecule has 1 saturated carbocycles. The second kappa shape index (κ2) is 11.6. The van der Waals surface area contributed by atoms with Crippen LogP contribution in [0.3, 0.4) is 0 Å². The monoisotopic (exact) mass is 499 g/mol. The lowest BCUT2D eigenvalue weighted by molar-refractivity contribution is 0.246. The summed E-state index contributed by atoms with van der Waals surface area (Å²) in [6.45, 7) is 7.75. The van der Waals surface area contributed by atoms with Gasteiger partial charge < -0.3 is 0 Å². The number of hydrogen-bond acceptors (Lipinski definition) is 4. The Morgan fingerprint density at radius 2 is 1.52 bits per heavy atom. The molecule has 1 saturated heterocycles. The Bertz CT molecular complexity index is 948. The number of nitrogens with one attached hydrogen (secondary N) is 2. The van der Waals surface area contributed by atoms with E-state index in [1.807, 2.05) is 0 Å². The van der Waals surface area contributed by atoms with Crippen LogP contribution < -0.4 is 9.44 Å².